The van der Waals surface area contributed by atoms with Gasteiger partial charge in [-0.05, 0) is 39.2 Å². The summed E-state index contributed by atoms with van der Waals surface area (Å²) in [5, 5.41) is 0. The summed E-state index contributed by atoms with van der Waals surface area (Å²) in [7, 11) is 0. The minimum absolute atomic E-state index is 0.0487. The van der Waals surface area contributed by atoms with Gasteiger partial charge >= 0.3 is 5.97 Å². The third kappa shape index (κ3) is 4.91. The minimum Gasteiger partial charge on any atom is -0.459 e. The first-order valence-corrected chi connectivity index (χ1v) is 8.74. The molecule has 0 aliphatic heterocycles. The average molecular weight is 330 g/mol. The minimum atomic E-state index is -0.947. The number of esters is 1. The third-order valence-corrected chi connectivity index (χ3v) is 4.28. The Labute approximate surface area is 144 Å². The van der Waals surface area contributed by atoms with Crippen LogP contribution in [0.4, 0.5) is 0 Å². The molecule has 1 atom stereocenters. The van der Waals surface area contributed by atoms with Crippen LogP contribution >= 0.6 is 0 Å². The highest BCUT2D eigenvalue weighted by Gasteiger charge is 2.30. The summed E-state index contributed by atoms with van der Waals surface area (Å²) < 4.78 is 5.31. The highest BCUT2D eigenvalue weighted by molar-refractivity contribution is 6.08. The monoisotopic (exact) mass is 330 g/mol. The summed E-state index contributed by atoms with van der Waals surface area (Å²) in [5.74, 6) is -0.312. The summed E-state index contributed by atoms with van der Waals surface area (Å²) in [6, 6.07) is 7.56. The maximum Gasteiger partial charge on any atom is 0.318 e. The lowest BCUT2D eigenvalue weighted by Gasteiger charge is -2.23. The maximum absolute atomic E-state index is 12.6. The number of hydrogen-bond donors (Lipinski definition) is 1. The van der Waals surface area contributed by atoms with Crippen molar-refractivity contribution in [2.45, 2.75) is 58.5 Å². The van der Waals surface area contributed by atoms with Gasteiger partial charge in [-0.25, -0.2) is 0 Å². The summed E-state index contributed by atoms with van der Waals surface area (Å²) >= 11 is 0. The van der Waals surface area contributed by atoms with Crippen molar-refractivity contribution < 1.29 is 14.3 Å². The van der Waals surface area contributed by atoms with Crippen molar-refractivity contribution in [3.05, 3.63) is 41.3 Å². The molecular formula is C20H28NO3. The molecule has 24 heavy (non-hydrogen) atoms. The van der Waals surface area contributed by atoms with Crippen molar-refractivity contribution in [1.82, 2.24) is 0 Å². The Kier molecular flexibility index (Phi) is 6.16. The van der Waals surface area contributed by atoms with E-state index in [2.05, 4.69) is 0 Å². The van der Waals surface area contributed by atoms with Crippen molar-refractivity contribution in [3.8, 4) is 0 Å². The Hall–Kier alpha value is -1.68. The first-order chi connectivity index (χ1) is 11.3. The van der Waals surface area contributed by atoms with Crippen LogP contribution in [0, 0.1) is 11.8 Å². The zero-order valence-corrected chi connectivity index (χ0v) is 14.9. The lowest BCUT2D eigenvalue weighted by atomic mass is 9.83. The SMILES string of the molecule is CC(C)(C)OC(=O)[C@@H](CN)C(=O)c1ccc([C]2CCCCC2)cc1. The first kappa shape index (κ1) is 18.7. The molecule has 2 N–H and O–H groups in total. The van der Waals surface area contributed by atoms with Gasteiger partial charge in [0.2, 0.25) is 0 Å². The maximum atomic E-state index is 12.6. The van der Waals surface area contributed by atoms with E-state index in [1.807, 2.05) is 12.1 Å². The molecule has 0 unspecified atom stereocenters. The standard InChI is InChI=1S/C20H28NO3/c1-20(2,3)24-19(23)17(13-21)18(22)16-11-9-15(10-12-16)14-7-5-4-6-8-14/h9-12,17H,4-8,13,21H2,1-3H3/t17-/m0/s1. The Morgan fingerprint density at radius 2 is 1.67 bits per heavy atom. The number of hydrogen-bond acceptors (Lipinski definition) is 4. The zero-order valence-electron chi connectivity index (χ0n) is 14.9. The van der Waals surface area contributed by atoms with Gasteiger partial charge in [0, 0.05) is 18.0 Å². The van der Waals surface area contributed by atoms with E-state index in [1.54, 1.807) is 32.9 Å². The fourth-order valence-electron chi connectivity index (χ4n) is 3.02. The second-order valence-electron chi connectivity index (χ2n) is 7.43. The van der Waals surface area contributed by atoms with Crippen LogP contribution in [-0.2, 0) is 9.53 Å². The summed E-state index contributed by atoms with van der Waals surface area (Å²) in [6.07, 6.45) is 6.05. The van der Waals surface area contributed by atoms with E-state index in [1.165, 1.54) is 30.7 Å². The number of Topliss-reactive ketones (excluding diaryl/α,β-unsaturated/α-hetero) is 1. The van der Waals surface area contributed by atoms with Gasteiger partial charge in [-0.3, -0.25) is 9.59 Å². The zero-order chi connectivity index (χ0) is 17.7. The van der Waals surface area contributed by atoms with Crippen LogP contribution in [0.3, 0.4) is 0 Å². The summed E-state index contributed by atoms with van der Waals surface area (Å²) in [6.45, 7) is 5.28. The average Bonchev–Trinajstić information content (AvgIpc) is 2.55. The van der Waals surface area contributed by atoms with Crippen molar-refractivity contribution >= 4 is 11.8 Å². The molecule has 131 valence electrons. The quantitative estimate of drug-likeness (QED) is 0.508. The molecule has 1 fully saturated rings. The second kappa shape index (κ2) is 7.93. The topological polar surface area (TPSA) is 69.4 Å². The number of carbonyl (C=O) groups is 2. The fourth-order valence-corrected chi connectivity index (χ4v) is 3.02. The normalized spacial score (nSPS) is 17.3. The van der Waals surface area contributed by atoms with E-state index in [9.17, 15) is 9.59 Å². The fraction of sp³-hybridized carbons (Fsp3) is 0.550. The number of nitrogens with two attached hydrogens (primary N) is 1. The van der Waals surface area contributed by atoms with Gasteiger partial charge in [0.15, 0.2) is 5.78 Å². The molecule has 0 bridgehead atoms. The van der Waals surface area contributed by atoms with Crippen molar-refractivity contribution in [2.24, 2.45) is 11.7 Å². The highest BCUT2D eigenvalue weighted by Crippen LogP contribution is 2.31. The van der Waals surface area contributed by atoms with E-state index in [4.69, 9.17) is 10.5 Å². The van der Waals surface area contributed by atoms with E-state index < -0.39 is 17.5 Å². The molecule has 0 heterocycles. The Balaban J connectivity index is 2.08. The number of rotatable bonds is 5. The third-order valence-electron chi connectivity index (χ3n) is 4.28. The van der Waals surface area contributed by atoms with Crippen LogP contribution in [0.5, 0.6) is 0 Å². The second-order valence-corrected chi connectivity index (χ2v) is 7.43. The summed E-state index contributed by atoms with van der Waals surface area (Å²) in [4.78, 5) is 24.8. The van der Waals surface area contributed by atoms with Gasteiger partial charge in [-0.1, -0.05) is 43.5 Å². The molecule has 0 aromatic heterocycles. The molecule has 1 radical (unpaired) electrons. The Morgan fingerprint density at radius 3 is 2.17 bits per heavy atom. The van der Waals surface area contributed by atoms with E-state index >= 15 is 0 Å². The van der Waals surface area contributed by atoms with E-state index in [-0.39, 0.29) is 12.3 Å². The molecular weight excluding hydrogens is 302 g/mol. The predicted octanol–water partition coefficient (Wildman–Crippen LogP) is 3.67. The molecule has 4 nitrogen and oxygen atoms in total. The molecule has 4 heteroatoms. The first-order valence-electron chi connectivity index (χ1n) is 8.74. The van der Waals surface area contributed by atoms with Gasteiger partial charge in [0.1, 0.15) is 11.5 Å². The van der Waals surface area contributed by atoms with Gasteiger partial charge in [-0.2, -0.15) is 0 Å². The molecule has 0 spiro atoms. The van der Waals surface area contributed by atoms with Gasteiger partial charge in [-0.15, -0.1) is 0 Å². The summed E-state index contributed by atoms with van der Waals surface area (Å²) in [5.41, 5.74) is 6.73. The van der Waals surface area contributed by atoms with Crippen molar-refractivity contribution in [1.29, 1.82) is 0 Å². The van der Waals surface area contributed by atoms with E-state index in [0.717, 1.165) is 12.8 Å². The molecule has 1 saturated carbocycles. The van der Waals surface area contributed by atoms with Gasteiger partial charge in [0.25, 0.3) is 0 Å². The molecule has 1 aromatic carbocycles. The van der Waals surface area contributed by atoms with Crippen molar-refractivity contribution in [2.75, 3.05) is 6.54 Å². The number of ether oxygens (including phenoxy) is 1. The van der Waals surface area contributed by atoms with Gasteiger partial charge in [0.05, 0.1) is 0 Å². The lowest BCUT2D eigenvalue weighted by Crippen LogP contribution is -2.37. The molecule has 0 amide bonds. The highest BCUT2D eigenvalue weighted by atomic mass is 16.6. The number of ketones is 1. The van der Waals surface area contributed by atoms with Gasteiger partial charge < -0.3 is 10.5 Å². The molecule has 2 rings (SSSR count). The predicted molar refractivity (Wildman–Crippen MR) is 94.6 cm³/mol. The smallest absolute Gasteiger partial charge is 0.318 e. The van der Waals surface area contributed by atoms with Crippen LogP contribution in [-0.4, -0.2) is 23.9 Å². The van der Waals surface area contributed by atoms with Crippen LogP contribution in [0.15, 0.2) is 24.3 Å². The van der Waals surface area contributed by atoms with Crippen LogP contribution in [0.2, 0.25) is 0 Å². The Morgan fingerprint density at radius 1 is 1.08 bits per heavy atom. The Bertz CT molecular complexity index is 566. The molecule has 1 aliphatic carbocycles. The van der Waals surface area contributed by atoms with Crippen molar-refractivity contribution in [3.63, 3.8) is 0 Å². The van der Waals surface area contributed by atoms with Crippen LogP contribution in [0.1, 0.15) is 68.8 Å². The lowest BCUT2D eigenvalue weighted by molar-refractivity contribution is -0.157. The molecule has 1 aliphatic rings. The van der Waals surface area contributed by atoms with Crippen LogP contribution < -0.4 is 5.73 Å². The van der Waals surface area contributed by atoms with E-state index in [0.29, 0.717) is 5.56 Å². The largest absolute Gasteiger partial charge is 0.459 e. The van der Waals surface area contributed by atoms with Crippen LogP contribution in [0.25, 0.3) is 0 Å². The number of benzene rings is 1. The molecule has 1 aromatic rings. The number of carbonyl (C=O) groups excluding carboxylic acids is 2. The molecule has 0 saturated heterocycles.